The highest BCUT2D eigenvalue weighted by Gasteiger charge is 2.10. The van der Waals surface area contributed by atoms with Crippen molar-refractivity contribution in [1.82, 2.24) is 14.8 Å². The van der Waals surface area contributed by atoms with Gasteiger partial charge in [0.2, 0.25) is 0 Å². The summed E-state index contributed by atoms with van der Waals surface area (Å²) in [5, 5.41) is 7.08. The largest absolute Gasteiger partial charge is 0.304 e. The Morgan fingerprint density at radius 1 is 1.42 bits per heavy atom. The molecule has 102 valence electrons. The van der Waals surface area contributed by atoms with Crippen LogP contribution in [0.1, 0.15) is 36.7 Å². The molecule has 0 aliphatic carbocycles. The molecular weight excluding hydrogens is 261 g/mol. The van der Waals surface area contributed by atoms with Crippen molar-refractivity contribution in [3.05, 3.63) is 45.7 Å². The van der Waals surface area contributed by atoms with E-state index in [4.69, 9.17) is 12.2 Å². The predicted octanol–water partition coefficient (Wildman–Crippen LogP) is 3.75. The van der Waals surface area contributed by atoms with Crippen LogP contribution in [0.15, 0.2) is 18.2 Å². The number of H-pyrrole nitrogens is 1. The Balaban J connectivity index is 2.19. The van der Waals surface area contributed by atoms with Gasteiger partial charge in [-0.2, -0.15) is 5.10 Å². The zero-order chi connectivity index (χ0) is 14.0. The maximum absolute atomic E-state index is 13.1. The van der Waals surface area contributed by atoms with Gasteiger partial charge in [0.1, 0.15) is 11.6 Å². The van der Waals surface area contributed by atoms with Gasteiger partial charge >= 0.3 is 0 Å². The van der Waals surface area contributed by atoms with Crippen LogP contribution in [0.2, 0.25) is 0 Å². The van der Waals surface area contributed by atoms with E-state index in [-0.39, 0.29) is 5.82 Å². The molecule has 0 spiro atoms. The molecule has 0 atom stereocenters. The van der Waals surface area contributed by atoms with Gasteiger partial charge in [0.25, 0.3) is 0 Å². The van der Waals surface area contributed by atoms with Gasteiger partial charge < -0.3 is 4.57 Å². The number of benzene rings is 1. The molecule has 0 aliphatic rings. The minimum Gasteiger partial charge on any atom is -0.304 e. The molecule has 0 unspecified atom stereocenters. The Morgan fingerprint density at radius 3 is 2.79 bits per heavy atom. The average molecular weight is 279 g/mol. The number of nitrogens with zero attached hydrogens (tertiary/aromatic N) is 2. The molecule has 0 aliphatic heterocycles. The van der Waals surface area contributed by atoms with Gasteiger partial charge in [-0.25, -0.2) is 4.39 Å². The molecule has 0 amide bonds. The normalized spacial score (nSPS) is 11.2. The van der Waals surface area contributed by atoms with Crippen molar-refractivity contribution in [2.45, 2.75) is 39.7 Å². The van der Waals surface area contributed by atoms with E-state index in [2.05, 4.69) is 24.0 Å². The summed E-state index contributed by atoms with van der Waals surface area (Å²) in [6.45, 7) is 6.86. The smallest absolute Gasteiger partial charge is 0.195 e. The van der Waals surface area contributed by atoms with Crippen LogP contribution in [-0.4, -0.2) is 14.8 Å². The number of hydrogen-bond acceptors (Lipinski definition) is 2. The summed E-state index contributed by atoms with van der Waals surface area (Å²) in [4.78, 5) is 0. The number of nitrogens with one attached hydrogen (secondary N) is 1. The summed E-state index contributed by atoms with van der Waals surface area (Å²) in [5.74, 6) is 1.09. The van der Waals surface area contributed by atoms with Crippen molar-refractivity contribution in [2.24, 2.45) is 0 Å². The van der Waals surface area contributed by atoms with Crippen molar-refractivity contribution >= 4 is 12.2 Å². The lowest BCUT2D eigenvalue weighted by molar-refractivity contribution is 0.608. The van der Waals surface area contributed by atoms with Gasteiger partial charge in [0, 0.05) is 12.5 Å². The fourth-order valence-electron chi connectivity index (χ4n) is 2.16. The van der Waals surface area contributed by atoms with E-state index >= 15 is 0 Å². The third-order valence-electron chi connectivity index (χ3n) is 3.21. The van der Waals surface area contributed by atoms with Gasteiger partial charge in [0.15, 0.2) is 4.77 Å². The van der Waals surface area contributed by atoms with E-state index in [1.54, 1.807) is 6.07 Å². The molecule has 0 radical (unpaired) electrons. The Bertz CT molecular complexity index is 628. The van der Waals surface area contributed by atoms with E-state index in [9.17, 15) is 4.39 Å². The average Bonchev–Trinajstić information content (AvgIpc) is 2.70. The maximum atomic E-state index is 13.1. The van der Waals surface area contributed by atoms with Gasteiger partial charge in [-0.3, -0.25) is 5.10 Å². The number of aromatic nitrogens is 3. The van der Waals surface area contributed by atoms with Crippen molar-refractivity contribution < 1.29 is 4.39 Å². The van der Waals surface area contributed by atoms with E-state index in [0.29, 0.717) is 10.7 Å². The lowest BCUT2D eigenvalue weighted by atomic mass is 10.1. The highest BCUT2D eigenvalue weighted by atomic mass is 32.1. The fraction of sp³-hybridized carbons (Fsp3) is 0.429. The standard InChI is InChI=1S/C14H18FN3S/c1-9(2)13-16-17-14(19)18(13)7-6-11-4-5-12(15)8-10(11)3/h4-5,8-9H,6-7H2,1-3H3,(H,17,19). The Labute approximate surface area is 117 Å². The second-order valence-corrected chi connectivity index (χ2v) is 5.40. The lowest BCUT2D eigenvalue weighted by Gasteiger charge is -2.10. The first-order valence-electron chi connectivity index (χ1n) is 6.39. The molecule has 2 aromatic rings. The predicted molar refractivity (Wildman–Crippen MR) is 76.3 cm³/mol. The summed E-state index contributed by atoms with van der Waals surface area (Å²) in [5.41, 5.74) is 2.11. The molecule has 2 rings (SSSR count). The Kier molecular flexibility index (Phi) is 4.14. The molecule has 0 fully saturated rings. The quantitative estimate of drug-likeness (QED) is 0.865. The molecule has 5 heteroatoms. The van der Waals surface area contributed by atoms with E-state index in [1.807, 2.05) is 17.6 Å². The summed E-state index contributed by atoms with van der Waals surface area (Å²) in [7, 11) is 0. The maximum Gasteiger partial charge on any atom is 0.195 e. The SMILES string of the molecule is Cc1cc(F)ccc1CCn1c(C(C)C)n[nH]c1=S. The van der Waals surface area contributed by atoms with Crippen LogP contribution >= 0.6 is 12.2 Å². The summed E-state index contributed by atoms with van der Waals surface area (Å²) in [6, 6.07) is 4.90. The second-order valence-electron chi connectivity index (χ2n) is 5.01. The van der Waals surface area contributed by atoms with Crippen molar-refractivity contribution in [3.63, 3.8) is 0 Å². The monoisotopic (exact) mass is 279 g/mol. The van der Waals surface area contributed by atoms with Crippen molar-refractivity contribution in [2.75, 3.05) is 0 Å². The molecular formula is C14H18FN3S. The lowest BCUT2D eigenvalue weighted by Crippen LogP contribution is -2.08. The number of aromatic amines is 1. The third kappa shape index (κ3) is 3.10. The molecule has 3 nitrogen and oxygen atoms in total. The molecule has 1 aromatic heterocycles. The summed E-state index contributed by atoms with van der Waals surface area (Å²) < 4.78 is 15.7. The Morgan fingerprint density at radius 2 is 2.16 bits per heavy atom. The van der Waals surface area contributed by atoms with Crippen LogP contribution in [0.3, 0.4) is 0 Å². The van der Waals surface area contributed by atoms with Crippen molar-refractivity contribution in [1.29, 1.82) is 0 Å². The molecule has 0 saturated carbocycles. The minimum absolute atomic E-state index is 0.191. The first-order chi connectivity index (χ1) is 8.99. The zero-order valence-corrected chi connectivity index (χ0v) is 12.2. The molecule has 19 heavy (non-hydrogen) atoms. The molecule has 1 N–H and O–H groups in total. The molecule has 0 saturated heterocycles. The first-order valence-corrected chi connectivity index (χ1v) is 6.80. The first kappa shape index (κ1) is 13.9. The Hall–Kier alpha value is -1.49. The van der Waals surface area contributed by atoms with Crippen LogP contribution in [0.25, 0.3) is 0 Å². The van der Waals surface area contributed by atoms with Crippen LogP contribution in [0, 0.1) is 17.5 Å². The van der Waals surface area contributed by atoms with Gasteiger partial charge in [0.05, 0.1) is 0 Å². The van der Waals surface area contributed by atoms with Crippen LogP contribution in [-0.2, 0) is 13.0 Å². The number of halogens is 1. The topological polar surface area (TPSA) is 33.6 Å². The van der Waals surface area contributed by atoms with Crippen LogP contribution < -0.4 is 0 Å². The summed E-state index contributed by atoms with van der Waals surface area (Å²) >= 11 is 5.25. The number of rotatable bonds is 4. The second kappa shape index (κ2) is 5.65. The third-order valence-corrected chi connectivity index (χ3v) is 3.53. The van der Waals surface area contributed by atoms with Gasteiger partial charge in [-0.05, 0) is 48.8 Å². The van der Waals surface area contributed by atoms with Crippen LogP contribution in [0.5, 0.6) is 0 Å². The van der Waals surface area contributed by atoms with E-state index < -0.39 is 0 Å². The van der Waals surface area contributed by atoms with E-state index in [0.717, 1.165) is 29.9 Å². The minimum atomic E-state index is -0.191. The van der Waals surface area contributed by atoms with Gasteiger partial charge in [-0.1, -0.05) is 19.9 Å². The van der Waals surface area contributed by atoms with Crippen LogP contribution in [0.4, 0.5) is 4.39 Å². The fourth-order valence-corrected chi connectivity index (χ4v) is 2.39. The summed E-state index contributed by atoms with van der Waals surface area (Å²) in [6.07, 6.45) is 0.819. The molecule has 1 heterocycles. The molecule has 0 bridgehead atoms. The van der Waals surface area contributed by atoms with E-state index in [1.165, 1.54) is 6.07 Å². The number of aryl methyl sites for hydroxylation is 2. The number of hydrogen-bond donors (Lipinski definition) is 1. The zero-order valence-electron chi connectivity index (χ0n) is 11.4. The van der Waals surface area contributed by atoms with Gasteiger partial charge in [-0.15, -0.1) is 0 Å². The molecule has 1 aromatic carbocycles. The highest BCUT2D eigenvalue weighted by Crippen LogP contribution is 2.15. The van der Waals surface area contributed by atoms with Crippen molar-refractivity contribution in [3.8, 4) is 0 Å². The highest BCUT2D eigenvalue weighted by molar-refractivity contribution is 7.71.